The third kappa shape index (κ3) is 3.92. The molecule has 19 heavy (non-hydrogen) atoms. The molecule has 0 radical (unpaired) electrons. The zero-order valence-corrected chi connectivity index (χ0v) is 10.8. The number of halogens is 1. The molecule has 1 atom stereocenters. The molecule has 2 rings (SSSR count). The Hall–Kier alpha value is -1.62. The third-order valence-corrected chi connectivity index (χ3v) is 3.39. The van der Waals surface area contributed by atoms with Crippen LogP contribution in [0.4, 0.5) is 4.39 Å². The molecule has 104 valence electrons. The lowest BCUT2D eigenvalue weighted by Gasteiger charge is -2.33. The van der Waals surface area contributed by atoms with Crippen LogP contribution in [0.1, 0.15) is 19.3 Å². The highest BCUT2D eigenvalue weighted by molar-refractivity contribution is 5.79. The quantitative estimate of drug-likeness (QED) is 0.879. The van der Waals surface area contributed by atoms with Crippen LogP contribution in [0, 0.1) is 5.82 Å². The summed E-state index contributed by atoms with van der Waals surface area (Å²) in [5, 5.41) is 0. The first-order valence-corrected chi connectivity index (χ1v) is 6.58. The summed E-state index contributed by atoms with van der Waals surface area (Å²) in [5.41, 5.74) is 5.39. The number of hydrogen-bond donors (Lipinski definition) is 1. The predicted octanol–water partition coefficient (Wildman–Crippen LogP) is 1.54. The molecule has 2 N–H and O–H groups in total. The summed E-state index contributed by atoms with van der Waals surface area (Å²) in [5.74, 6) is -0.0800. The van der Waals surface area contributed by atoms with E-state index < -0.39 is 0 Å². The number of nitrogens with two attached hydrogens (primary N) is 1. The van der Waals surface area contributed by atoms with Gasteiger partial charge in [-0.3, -0.25) is 9.69 Å². The van der Waals surface area contributed by atoms with Gasteiger partial charge in [-0.2, -0.15) is 0 Å². The van der Waals surface area contributed by atoms with Crippen molar-refractivity contribution >= 4 is 5.91 Å². The van der Waals surface area contributed by atoms with E-state index >= 15 is 0 Å². The molecule has 1 aromatic rings. The Morgan fingerprint density at radius 2 is 2.32 bits per heavy atom. The predicted molar refractivity (Wildman–Crippen MR) is 70.3 cm³/mol. The van der Waals surface area contributed by atoms with E-state index in [0.29, 0.717) is 18.9 Å². The molecule has 0 bridgehead atoms. The van der Waals surface area contributed by atoms with Crippen LogP contribution in [0.15, 0.2) is 24.3 Å². The van der Waals surface area contributed by atoms with Gasteiger partial charge in [-0.05, 0) is 31.5 Å². The van der Waals surface area contributed by atoms with Crippen LogP contribution in [-0.4, -0.2) is 36.5 Å². The molecular weight excluding hydrogens is 247 g/mol. The smallest absolute Gasteiger partial charge is 0.234 e. The first kappa shape index (κ1) is 13.8. The number of piperidine rings is 1. The molecule has 1 fully saturated rings. The second-order valence-electron chi connectivity index (χ2n) is 4.76. The van der Waals surface area contributed by atoms with Crippen molar-refractivity contribution in [3.63, 3.8) is 0 Å². The molecule has 1 aromatic carbocycles. The van der Waals surface area contributed by atoms with Crippen molar-refractivity contribution in [2.75, 3.05) is 19.7 Å². The molecule has 0 aliphatic carbocycles. The number of carbonyl (C=O) groups is 1. The maximum atomic E-state index is 13.0. The van der Waals surface area contributed by atoms with Crippen LogP contribution in [0.2, 0.25) is 0 Å². The van der Waals surface area contributed by atoms with Crippen molar-refractivity contribution in [2.24, 2.45) is 5.73 Å². The van der Waals surface area contributed by atoms with Gasteiger partial charge in [0.15, 0.2) is 0 Å². The summed E-state index contributed by atoms with van der Waals surface area (Å²) in [4.78, 5) is 13.4. The van der Waals surface area contributed by atoms with E-state index in [1.807, 2.05) is 4.90 Å². The summed E-state index contributed by atoms with van der Waals surface area (Å²) in [6.45, 7) is 1.91. The Morgan fingerprint density at radius 1 is 1.47 bits per heavy atom. The number of benzene rings is 1. The summed E-state index contributed by atoms with van der Waals surface area (Å²) < 4.78 is 18.4. The minimum absolute atomic E-state index is 0.190. The van der Waals surface area contributed by atoms with E-state index in [9.17, 15) is 9.18 Å². The fourth-order valence-electron chi connectivity index (χ4n) is 2.42. The molecule has 1 aliphatic heterocycles. The molecular formula is C14H19FN2O2. The second-order valence-corrected chi connectivity index (χ2v) is 4.76. The van der Waals surface area contributed by atoms with E-state index in [1.165, 1.54) is 12.1 Å². The van der Waals surface area contributed by atoms with E-state index in [4.69, 9.17) is 10.5 Å². The van der Waals surface area contributed by atoms with Gasteiger partial charge in [0.25, 0.3) is 0 Å². The summed E-state index contributed by atoms with van der Waals surface area (Å²) >= 11 is 0. The molecule has 0 aromatic heterocycles. The molecule has 4 nitrogen and oxygen atoms in total. The molecule has 1 heterocycles. The Morgan fingerprint density at radius 3 is 3.05 bits per heavy atom. The molecule has 1 aliphatic rings. The molecule has 0 saturated carbocycles. The molecule has 0 spiro atoms. The van der Waals surface area contributed by atoms with Crippen LogP contribution in [0.3, 0.4) is 0 Å². The lowest BCUT2D eigenvalue weighted by Crippen LogP contribution is -2.48. The Kier molecular flexibility index (Phi) is 4.74. The largest absolute Gasteiger partial charge is 0.492 e. The van der Waals surface area contributed by atoms with E-state index in [1.54, 1.807) is 12.1 Å². The van der Waals surface area contributed by atoms with Crippen LogP contribution < -0.4 is 10.5 Å². The van der Waals surface area contributed by atoms with Crippen molar-refractivity contribution in [2.45, 2.75) is 25.3 Å². The highest BCUT2D eigenvalue weighted by Crippen LogP contribution is 2.17. The SMILES string of the molecule is NC(=O)[C@H]1CCCCN1CCOc1cccc(F)c1. The summed E-state index contributed by atoms with van der Waals surface area (Å²) in [7, 11) is 0. The topological polar surface area (TPSA) is 55.6 Å². The van der Waals surface area contributed by atoms with Crippen LogP contribution in [0.25, 0.3) is 0 Å². The van der Waals surface area contributed by atoms with Crippen molar-refractivity contribution in [3.05, 3.63) is 30.1 Å². The first-order valence-electron chi connectivity index (χ1n) is 6.58. The van der Waals surface area contributed by atoms with Crippen molar-refractivity contribution < 1.29 is 13.9 Å². The summed E-state index contributed by atoms with van der Waals surface area (Å²) in [6.07, 6.45) is 2.92. The number of rotatable bonds is 5. The van der Waals surface area contributed by atoms with Gasteiger partial charge < -0.3 is 10.5 Å². The molecule has 0 unspecified atom stereocenters. The van der Waals surface area contributed by atoms with Gasteiger partial charge in [-0.25, -0.2) is 4.39 Å². The lowest BCUT2D eigenvalue weighted by molar-refractivity contribution is -0.124. The van der Waals surface area contributed by atoms with Gasteiger partial charge in [0.05, 0.1) is 6.04 Å². The van der Waals surface area contributed by atoms with Gasteiger partial charge >= 0.3 is 0 Å². The summed E-state index contributed by atoms with van der Waals surface area (Å²) in [6, 6.07) is 5.86. The standard InChI is InChI=1S/C14H19FN2O2/c15-11-4-3-5-12(10-11)19-9-8-17-7-2-1-6-13(17)14(16)18/h3-5,10,13H,1-2,6-9H2,(H2,16,18)/t13-/m1/s1. The fraction of sp³-hybridized carbons (Fsp3) is 0.500. The Balaban J connectivity index is 1.82. The number of amides is 1. The number of ether oxygens (including phenoxy) is 1. The van der Waals surface area contributed by atoms with Crippen LogP contribution >= 0.6 is 0 Å². The number of primary amides is 1. The molecule has 1 saturated heterocycles. The number of likely N-dealkylation sites (tertiary alicyclic amines) is 1. The number of carbonyl (C=O) groups excluding carboxylic acids is 1. The van der Waals surface area contributed by atoms with E-state index in [-0.39, 0.29) is 17.8 Å². The number of nitrogens with zero attached hydrogens (tertiary/aromatic N) is 1. The zero-order chi connectivity index (χ0) is 13.7. The monoisotopic (exact) mass is 266 g/mol. The van der Waals surface area contributed by atoms with Crippen molar-refractivity contribution in [3.8, 4) is 5.75 Å². The van der Waals surface area contributed by atoms with Crippen molar-refractivity contribution in [1.82, 2.24) is 4.90 Å². The van der Waals surface area contributed by atoms with Crippen molar-refractivity contribution in [1.29, 1.82) is 0 Å². The maximum Gasteiger partial charge on any atom is 0.234 e. The second kappa shape index (κ2) is 6.52. The van der Waals surface area contributed by atoms with Crippen LogP contribution in [0.5, 0.6) is 5.75 Å². The van der Waals surface area contributed by atoms with Gasteiger partial charge in [-0.15, -0.1) is 0 Å². The minimum atomic E-state index is -0.314. The lowest BCUT2D eigenvalue weighted by atomic mass is 10.0. The number of hydrogen-bond acceptors (Lipinski definition) is 3. The zero-order valence-electron chi connectivity index (χ0n) is 10.8. The Bertz CT molecular complexity index is 439. The Labute approximate surface area is 112 Å². The maximum absolute atomic E-state index is 13.0. The normalized spacial score (nSPS) is 20.2. The van der Waals surface area contributed by atoms with E-state index in [2.05, 4.69) is 0 Å². The van der Waals surface area contributed by atoms with E-state index in [0.717, 1.165) is 25.8 Å². The average molecular weight is 266 g/mol. The van der Waals surface area contributed by atoms with Gasteiger partial charge in [0, 0.05) is 12.6 Å². The average Bonchev–Trinajstić information content (AvgIpc) is 2.39. The van der Waals surface area contributed by atoms with Crippen LogP contribution in [-0.2, 0) is 4.79 Å². The molecule has 5 heteroatoms. The third-order valence-electron chi connectivity index (χ3n) is 3.39. The molecule has 1 amide bonds. The fourth-order valence-corrected chi connectivity index (χ4v) is 2.42. The highest BCUT2D eigenvalue weighted by Gasteiger charge is 2.26. The minimum Gasteiger partial charge on any atom is -0.492 e. The van der Waals surface area contributed by atoms with Gasteiger partial charge in [0.2, 0.25) is 5.91 Å². The highest BCUT2D eigenvalue weighted by atomic mass is 19.1. The van der Waals surface area contributed by atoms with Gasteiger partial charge in [0.1, 0.15) is 18.2 Å². The van der Waals surface area contributed by atoms with Gasteiger partial charge in [-0.1, -0.05) is 12.5 Å². The first-order chi connectivity index (χ1) is 9.16.